The van der Waals surface area contributed by atoms with Gasteiger partial charge in [-0.1, -0.05) is 41.4 Å². The number of carbonyl (C=O) groups excluding carboxylic acids is 1. The van der Waals surface area contributed by atoms with Gasteiger partial charge in [0.25, 0.3) is 5.91 Å². The fraction of sp³-hybridized carbons (Fsp3) is 0.278. The third-order valence-electron chi connectivity index (χ3n) is 3.44. The molecule has 0 aliphatic heterocycles. The van der Waals surface area contributed by atoms with Crippen LogP contribution in [0.4, 0.5) is 0 Å². The van der Waals surface area contributed by atoms with Crippen LogP contribution >= 0.6 is 11.6 Å². The molecular formula is C18H20ClNO2. The molecule has 0 unspecified atom stereocenters. The molecule has 1 amide bonds. The molecule has 2 aromatic rings. The Bertz CT molecular complexity index is 670. The maximum atomic E-state index is 12.0. The maximum absolute atomic E-state index is 12.0. The predicted molar refractivity (Wildman–Crippen MR) is 89.4 cm³/mol. The van der Waals surface area contributed by atoms with Crippen molar-refractivity contribution in [2.45, 2.75) is 26.8 Å². The van der Waals surface area contributed by atoms with E-state index in [9.17, 15) is 4.79 Å². The molecule has 2 rings (SSSR count). The van der Waals surface area contributed by atoms with E-state index in [0.29, 0.717) is 10.8 Å². The summed E-state index contributed by atoms with van der Waals surface area (Å²) in [6.07, 6.45) is 0. The van der Waals surface area contributed by atoms with Gasteiger partial charge in [-0.15, -0.1) is 0 Å². The van der Waals surface area contributed by atoms with Crippen molar-refractivity contribution in [2.75, 3.05) is 6.61 Å². The molecule has 4 heteroatoms. The summed E-state index contributed by atoms with van der Waals surface area (Å²) in [6.45, 7) is 6.04. The second-order valence-corrected chi connectivity index (χ2v) is 5.83. The molecule has 0 bridgehead atoms. The lowest BCUT2D eigenvalue weighted by Crippen LogP contribution is -2.31. The molecule has 22 heavy (non-hydrogen) atoms. The summed E-state index contributed by atoms with van der Waals surface area (Å²) < 4.78 is 5.44. The summed E-state index contributed by atoms with van der Waals surface area (Å²) in [7, 11) is 0. The number of ether oxygens (including phenoxy) is 1. The second-order valence-electron chi connectivity index (χ2n) is 5.40. The minimum Gasteiger partial charge on any atom is -0.484 e. The SMILES string of the molecule is Cc1ccc([C@@H](C)NC(=O)COc2cccc(Cl)c2)c(C)c1. The van der Waals surface area contributed by atoms with Crippen LogP contribution in [0.3, 0.4) is 0 Å². The Balaban J connectivity index is 1.91. The standard InChI is InChI=1S/C18H20ClNO2/c1-12-7-8-17(13(2)9-12)14(3)20-18(21)11-22-16-6-4-5-15(19)10-16/h4-10,14H,11H2,1-3H3,(H,20,21)/t14-/m1/s1. The van der Waals surface area contributed by atoms with E-state index in [2.05, 4.69) is 18.3 Å². The van der Waals surface area contributed by atoms with Crippen molar-refractivity contribution < 1.29 is 9.53 Å². The monoisotopic (exact) mass is 317 g/mol. The normalized spacial score (nSPS) is 11.8. The Morgan fingerprint density at radius 2 is 2.00 bits per heavy atom. The second kappa shape index (κ2) is 7.32. The summed E-state index contributed by atoms with van der Waals surface area (Å²) in [6, 6.07) is 13.2. The number of rotatable bonds is 5. The molecule has 0 heterocycles. The first-order valence-electron chi connectivity index (χ1n) is 7.20. The number of amides is 1. The highest BCUT2D eigenvalue weighted by Gasteiger charge is 2.12. The van der Waals surface area contributed by atoms with Crippen molar-refractivity contribution in [2.24, 2.45) is 0 Å². The zero-order valence-corrected chi connectivity index (χ0v) is 13.8. The van der Waals surface area contributed by atoms with E-state index in [-0.39, 0.29) is 18.6 Å². The zero-order valence-electron chi connectivity index (χ0n) is 13.0. The number of nitrogens with one attached hydrogen (secondary N) is 1. The van der Waals surface area contributed by atoms with Gasteiger partial charge in [0.2, 0.25) is 0 Å². The van der Waals surface area contributed by atoms with E-state index in [1.807, 2.05) is 26.0 Å². The fourth-order valence-corrected chi connectivity index (χ4v) is 2.56. The average Bonchev–Trinajstić information content (AvgIpc) is 2.45. The Morgan fingerprint density at radius 3 is 2.68 bits per heavy atom. The molecule has 0 fully saturated rings. The number of carbonyl (C=O) groups is 1. The third-order valence-corrected chi connectivity index (χ3v) is 3.67. The van der Waals surface area contributed by atoms with Crippen LogP contribution in [0.5, 0.6) is 5.75 Å². The van der Waals surface area contributed by atoms with Crippen LogP contribution in [0, 0.1) is 13.8 Å². The summed E-state index contributed by atoms with van der Waals surface area (Å²) in [4.78, 5) is 12.0. The van der Waals surface area contributed by atoms with Gasteiger partial charge in [0.15, 0.2) is 6.61 Å². The van der Waals surface area contributed by atoms with E-state index < -0.39 is 0 Å². The smallest absolute Gasteiger partial charge is 0.258 e. The number of hydrogen-bond donors (Lipinski definition) is 1. The highest BCUT2D eigenvalue weighted by Crippen LogP contribution is 2.19. The van der Waals surface area contributed by atoms with Gasteiger partial charge in [0.1, 0.15) is 5.75 Å². The van der Waals surface area contributed by atoms with E-state index in [4.69, 9.17) is 16.3 Å². The average molecular weight is 318 g/mol. The van der Waals surface area contributed by atoms with Crippen molar-refractivity contribution in [3.63, 3.8) is 0 Å². The summed E-state index contributed by atoms with van der Waals surface area (Å²) in [5.41, 5.74) is 3.49. The first-order chi connectivity index (χ1) is 10.5. The first kappa shape index (κ1) is 16.4. The highest BCUT2D eigenvalue weighted by atomic mass is 35.5. The van der Waals surface area contributed by atoms with Crippen molar-refractivity contribution in [1.82, 2.24) is 5.32 Å². The summed E-state index contributed by atoms with van der Waals surface area (Å²) in [5.74, 6) is 0.425. The van der Waals surface area contributed by atoms with Crippen LogP contribution in [0.15, 0.2) is 42.5 Å². The van der Waals surface area contributed by atoms with Crippen LogP contribution in [-0.4, -0.2) is 12.5 Å². The van der Waals surface area contributed by atoms with Gasteiger partial charge >= 0.3 is 0 Å². The van der Waals surface area contributed by atoms with Crippen molar-refractivity contribution in [1.29, 1.82) is 0 Å². The maximum Gasteiger partial charge on any atom is 0.258 e. The minimum atomic E-state index is -0.160. The molecule has 3 nitrogen and oxygen atoms in total. The van der Waals surface area contributed by atoms with E-state index in [1.165, 1.54) is 11.1 Å². The van der Waals surface area contributed by atoms with Crippen molar-refractivity contribution in [3.05, 3.63) is 64.2 Å². The molecule has 0 aliphatic carbocycles. The number of halogens is 1. The summed E-state index contributed by atoms with van der Waals surface area (Å²) >= 11 is 5.87. The van der Waals surface area contributed by atoms with Crippen LogP contribution in [0.25, 0.3) is 0 Å². The third kappa shape index (κ3) is 4.50. The molecule has 116 valence electrons. The number of hydrogen-bond acceptors (Lipinski definition) is 2. The molecule has 0 saturated carbocycles. The van der Waals surface area contributed by atoms with E-state index in [0.717, 1.165) is 5.56 Å². The van der Waals surface area contributed by atoms with Gasteiger partial charge in [0.05, 0.1) is 6.04 Å². The van der Waals surface area contributed by atoms with Gasteiger partial charge in [-0.3, -0.25) is 4.79 Å². The number of benzene rings is 2. The molecule has 2 aromatic carbocycles. The zero-order chi connectivity index (χ0) is 16.1. The molecular weight excluding hydrogens is 298 g/mol. The molecule has 1 atom stereocenters. The quantitative estimate of drug-likeness (QED) is 0.897. The van der Waals surface area contributed by atoms with Gasteiger partial charge < -0.3 is 10.1 Å². The van der Waals surface area contributed by atoms with Crippen molar-refractivity contribution in [3.8, 4) is 5.75 Å². The highest BCUT2D eigenvalue weighted by molar-refractivity contribution is 6.30. The lowest BCUT2D eigenvalue weighted by Gasteiger charge is -2.17. The molecule has 1 N–H and O–H groups in total. The first-order valence-corrected chi connectivity index (χ1v) is 7.58. The van der Waals surface area contributed by atoms with E-state index in [1.54, 1.807) is 24.3 Å². The van der Waals surface area contributed by atoms with Gasteiger partial charge in [-0.2, -0.15) is 0 Å². The van der Waals surface area contributed by atoms with Gasteiger partial charge in [-0.05, 0) is 50.1 Å². The molecule has 0 spiro atoms. The molecule has 0 aliphatic rings. The molecule has 0 saturated heterocycles. The lowest BCUT2D eigenvalue weighted by molar-refractivity contribution is -0.123. The Hall–Kier alpha value is -2.00. The lowest BCUT2D eigenvalue weighted by atomic mass is 10.0. The van der Waals surface area contributed by atoms with E-state index >= 15 is 0 Å². The van der Waals surface area contributed by atoms with Gasteiger partial charge in [-0.25, -0.2) is 0 Å². The topological polar surface area (TPSA) is 38.3 Å². The number of aryl methyl sites for hydroxylation is 2. The van der Waals surface area contributed by atoms with Crippen LogP contribution in [-0.2, 0) is 4.79 Å². The summed E-state index contributed by atoms with van der Waals surface area (Å²) in [5, 5.41) is 3.53. The van der Waals surface area contributed by atoms with Crippen LogP contribution in [0.2, 0.25) is 5.02 Å². The molecule has 0 radical (unpaired) electrons. The van der Waals surface area contributed by atoms with Crippen LogP contribution < -0.4 is 10.1 Å². The predicted octanol–water partition coefficient (Wildman–Crippen LogP) is 4.21. The Labute approximate surface area is 136 Å². The van der Waals surface area contributed by atoms with Crippen molar-refractivity contribution >= 4 is 17.5 Å². The van der Waals surface area contributed by atoms with Crippen LogP contribution in [0.1, 0.15) is 29.7 Å². The molecule has 0 aromatic heterocycles. The minimum absolute atomic E-state index is 0.0322. The Morgan fingerprint density at radius 1 is 1.23 bits per heavy atom. The van der Waals surface area contributed by atoms with Gasteiger partial charge in [0, 0.05) is 5.02 Å². The fourth-order valence-electron chi connectivity index (χ4n) is 2.38. The Kier molecular flexibility index (Phi) is 5.45. The largest absolute Gasteiger partial charge is 0.484 e.